The maximum Gasteiger partial charge on any atom is 0.269 e. The number of non-ortho nitro benzene ring substituents is 1. The summed E-state index contributed by atoms with van der Waals surface area (Å²) in [6, 6.07) is 13.0. The number of hydrogen-bond donors (Lipinski definition) is 1. The molecule has 0 bridgehead atoms. The van der Waals surface area contributed by atoms with E-state index in [0.29, 0.717) is 31.5 Å². The average Bonchev–Trinajstić information content (AvgIpc) is 2.67. The largest absolute Gasteiger partial charge is 0.339 e. The number of carbonyl (C=O) groups is 2. The van der Waals surface area contributed by atoms with Gasteiger partial charge in [-0.2, -0.15) is 0 Å². The molecule has 0 aliphatic carbocycles. The van der Waals surface area contributed by atoms with Gasteiger partial charge < -0.3 is 10.2 Å². The van der Waals surface area contributed by atoms with E-state index in [2.05, 4.69) is 21.2 Å². The first-order chi connectivity index (χ1) is 12.9. The van der Waals surface area contributed by atoms with E-state index < -0.39 is 4.92 Å². The van der Waals surface area contributed by atoms with Crippen molar-refractivity contribution in [3.05, 3.63) is 68.7 Å². The highest BCUT2D eigenvalue weighted by Gasteiger charge is 2.28. The molecule has 27 heavy (non-hydrogen) atoms. The second-order valence-electron chi connectivity index (χ2n) is 6.37. The second-order valence-corrected chi connectivity index (χ2v) is 7.29. The Morgan fingerprint density at radius 2 is 1.78 bits per heavy atom. The van der Waals surface area contributed by atoms with Gasteiger partial charge in [0.05, 0.1) is 4.92 Å². The summed E-state index contributed by atoms with van der Waals surface area (Å²) in [6.45, 7) is 0.957. The molecule has 0 spiro atoms. The van der Waals surface area contributed by atoms with Crippen LogP contribution in [0.2, 0.25) is 0 Å². The molecular formula is C19H18BrN3O4. The molecule has 7 nitrogen and oxygen atoms in total. The number of nitrogens with one attached hydrogen (secondary N) is 1. The van der Waals surface area contributed by atoms with Crippen molar-refractivity contribution in [1.82, 2.24) is 4.90 Å². The second kappa shape index (κ2) is 8.30. The van der Waals surface area contributed by atoms with Gasteiger partial charge in [0.25, 0.3) is 11.6 Å². The van der Waals surface area contributed by atoms with E-state index in [9.17, 15) is 19.7 Å². The molecule has 1 N–H and O–H groups in total. The number of nitro benzene ring substituents is 1. The van der Waals surface area contributed by atoms with E-state index in [-0.39, 0.29) is 23.4 Å². The summed E-state index contributed by atoms with van der Waals surface area (Å²) in [5.74, 6) is -0.365. The molecule has 1 aliphatic rings. The lowest BCUT2D eigenvalue weighted by Gasteiger charge is -2.31. The van der Waals surface area contributed by atoms with Crippen molar-refractivity contribution < 1.29 is 14.5 Å². The van der Waals surface area contributed by atoms with Crippen molar-refractivity contribution in [3.63, 3.8) is 0 Å². The summed E-state index contributed by atoms with van der Waals surface area (Å²) >= 11 is 3.37. The minimum atomic E-state index is -0.496. The van der Waals surface area contributed by atoms with Crippen LogP contribution in [0.25, 0.3) is 0 Å². The number of benzene rings is 2. The standard InChI is InChI=1S/C19H18BrN3O4/c20-15-2-1-3-16(12-15)21-18(24)13-8-10-22(11-9-13)19(25)14-4-6-17(7-5-14)23(26)27/h1-7,12-13H,8-11H2,(H,21,24). The highest BCUT2D eigenvalue weighted by molar-refractivity contribution is 9.10. The van der Waals surface area contributed by atoms with Crippen LogP contribution in [0.5, 0.6) is 0 Å². The van der Waals surface area contributed by atoms with Crippen LogP contribution in [0.3, 0.4) is 0 Å². The molecule has 1 aliphatic heterocycles. The fraction of sp³-hybridized carbons (Fsp3) is 0.263. The smallest absolute Gasteiger partial charge is 0.269 e. The molecule has 1 saturated heterocycles. The Morgan fingerprint density at radius 3 is 2.37 bits per heavy atom. The third-order valence-electron chi connectivity index (χ3n) is 4.57. The molecule has 2 aromatic rings. The van der Waals surface area contributed by atoms with E-state index >= 15 is 0 Å². The maximum absolute atomic E-state index is 12.5. The van der Waals surface area contributed by atoms with E-state index in [1.807, 2.05) is 24.3 Å². The number of amides is 2. The summed E-state index contributed by atoms with van der Waals surface area (Å²) in [5, 5.41) is 13.6. The normalized spacial score (nSPS) is 14.6. The molecule has 140 valence electrons. The fourth-order valence-electron chi connectivity index (χ4n) is 3.06. The summed E-state index contributed by atoms with van der Waals surface area (Å²) in [6.07, 6.45) is 1.16. The minimum absolute atomic E-state index is 0.0458. The van der Waals surface area contributed by atoms with Crippen LogP contribution in [-0.4, -0.2) is 34.7 Å². The van der Waals surface area contributed by atoms with Crippen LogP contribution in [0.4, 0.5) is 11.4 Å². The van der Waals surface area contributed by atoms with Gasteiger partial charge in [0, 0.05) is 46.9 Å². The number of hydrogen-bond acceptors (Lipinski definition) is 4. The minimum Gasteiger partial charge on any atom is -0.339 e. The molecule has 8 heteroatoms. The van der Waals surface area contributed by atoms with Gasteiger partial charge in [-0.3, -0.25) is 19.7 Å². The van der Waals surface area contributed by atoms with Crippen molar-refractivity contribution in [2.75, 3.05) is 18.4 Å². The van der Waals surface area contributed by atoms with Crippen molar-refractivity contribution in [3.8, 4) is 0 Å². The van der Waals surface area contributed by atoms with Crippen molar-refractivity contribution in [2.24, 2.45) is 5.92 Å². The Bertz CT molecular complexity index is 862. The first-order valence-corrected chi connectivity index (χ1v) is 9.33. The highest BCUT2D eigenvalue weighted by atomic mass is 79.9. The van der Waals surface area contributed by atoms with Gasteiger partial charge in [0.15, 0.2) is 0 Å². The van der Waals surface area contributed by atoms with Crippen LogP contribution in [0.15, 0.2) is 53.0 Å². The number of nitrogens with zero attached hydrogens (tertiary/aromatic N) is 2. The Morgan fingerprint density at radius 1 is 1.11 bits per heavy atom. The van der Waals surface area contributed by atoms with Gasteiger partial charge in [-0.15, -0.1) is 0 Å². The quantitative estimate of drug-likeness (QED) is 0.587. The Labute approximate surface area is 164 Å². The predicted molar refractivity (Wildman–Crippen MR) is 104 cm³/mol. The number of nitro groups is 1. The third-order valence-corrected chi connectivity index (χ3v) is 5.06. The Kier molecular flexibility index (Phi) is 5.85. The molecule has 1 fully saturated rings. The first kappa shape index (κ1) is 19.0. The average molecular weight is 432 g/mol. The van der Waals surface area contributed by atoms with Crippen molar-refractivity contribution in [2.45, 2.75) is 12.8 Å². The summed E-state index contributed by atoms with van der Waals surface area (Å²) < 4.78 is 0.892. The number of rotatable bonds is 4. The lowest BCUT2D eigenvalue weighted by Crippen LogP contribution is -2.41. The van der Waals surface area contributed by atoms with Gasteiger partial charge in [0.2, 0.25) is 5.91 Å². The van der Waals surface area contributed by atoms with Crippen LogP contribution in [-0.2, 0) is 4.79 Å². The van der Waals surface area contributed by atoms with Crippen LogP contribution in [0.1, 0.15) is 23.2 Å². The number of likely N-dealkylation sites (tertiary alicyclic amines) is 1. The van der Waals surface area contributed by atoms with Gasteiger partial charge in [-0.1, -0.05) is 22.0 Å². The zero-order valence-electron chi connectivity index (χ0n) is 14.4. The molecule has 2 amide bonds. The monoisotopic (exact) mass is 431 g/mol. The molecule has 3 rings (SSSR count). The van der Waals surface area contributed by atoms with Gasteiger partial charge in [0.1, 0.15) is 0 Å². The number of halogens is 1. The van der Waals surface area contributed by atoms with Gasteiger partial charge in [-0.05, 0) is 43.2 Å². The van der Waals surface area contributed by atoms with Crippen LogP contribution >= 0.6 is 15.9 Å². The molecule has 0 unspecified atom stereocenters. The number of carbonyl (C=O) groups excluding carboxylic acids is 2. The number of anilines is 1. The van der Waals surface area contributed by atoms with E-state index in [1.54, 1.807) is 4.90 Å². The highest BCUT2D eigenvalue weighted by Crippen LogP contribution is 2.23. The summed E-state index contributed by atoms with van der Waals surface area (Å²) in [5.41, 5.74) is 1.10. The molecule has 0 aromatic heterocycles. The molecule has 1 heterocycles. The fourth-order valence-corrected chi connectivity index (χ4v) is 3.46. The maximum atomic E-state index is 12.5. The third kappa shape index (κ3) is 4.71. The number of piperidine rings is 1. The zero-order chi connectivity index (χ0) is 19.4. The van der Waals surface area contributed by atoms with Gasteiger partial charge in [-0.25, -0.2) is 0 Å². The molecule has 0 radical (unpaired) electrons. The van der Waals surface area contributed by atoms with Gasteiger partial charge >= 0.3 is 0 Å². The molecular weight excluding hydrogens is 414 g/mol. The van der Waals surface area contributed by atoms with E-state index in [0.717, 1.165) is 10.2 Å². The summed E-state index contributed by atoms with van der Waals surface area (Å²) in [7, 11) is 0. The molecule has 0 saturated carbocycles. The van der Waals surface area contributed by atoms with E-state index in [4.69, 9.17) is 0 Å². The first-order valence-electron chi connectivity index (χ1n) is 8.54. The van der Waals surface area contributed by atoms with Crippen molar-refractivity contribution in [1.29, 1.82) is 0 Å². The Balaban J connectivity index is 1.55. The SMILES string of the molecule is O=C(Nc1cccc(Br)c1)C1CCN(C(=O)c2ccc([N+](=O)[O-])cc2)CC1. The lowest BCUT2D eigenvalue weighted by molar-refractivity contribution is -0.384. The predicted octanol–water partition coefficient (Wildman–Crippen LogP) is 3.85. The zero-order valence-corrected chi connectivity index (χ0v) is 16.0. The van der Waals surface area contributed by atoms with E-state index in [1.165, 1.54) is 24.3 Å². The molecule has 0 atom stereocenters. The topological polar surface area (TPSA) is 92.6 Å². The van der Waals surface area contributed by atoms with Crippen molar-refractivity contribution >= 4 is 39.1 Å². The molecule has 2 aromatic carbocycles. The van der Waals surface area contributed by atoms with Crippen LogP contribution < -0.4 is 5.32 Å². The van der Waals surface area contributed by atoms with Crippen LogP contribution in [0, 0.1) is 16.0 Å². The lowest BCUT2D eigenvalue weighted by atomic mass is 9.95. The summed E-state index contributed by atoms with van der Waals surface area (Å²) in [4.78, 5) is 36.9. The Hall–Kier alpha value is -2.74.